The van der Waals surface area contributed by atoms with Gasteiger partial charge in [-0.25, -0.2) is 4.98 Å². The number of aryl methyl sites for hydroxylation is 1. The fourth-order valence-corrected chi connectivity index (χ4v) is 4.05. The number of fused-ring (bicyclic) bond motifs is 1. The summed E-state index contributed by atoms with van der Waals surface area (Å²) in [6, 6.07) is 15.0. The van der Waals surface area contributed by atoms with E-state index in [1.54, 1.807) is 32.2 Å². The van der Waals surface area contributed by atoms with Crippen LogP contribution < -0.4 is 15.6 Å². The van der Waals surface area contributed by atoms with Gasteiger partial charge in [-0.15, -0.1) is 0 Å². The topological polar surface area (TPSA) is 93.4 Å². The van der Waals surface area contributed by atoms with Gasteiger partial charge < -0.3 is 15.2 Å². The summed E-state index contributed by atoms with van der Waals surface area (Å²) in [5, 5.41) is 12.6. The lowest BCUT2D eigenvalue weighted by Crippen LogP contribution is -2.26. The highest BCUT2D eigenvalue weighted by Crippen LogP contribution is 2.33. The number of aromatic hydroxyl groups is 1. The largest absolute Gasteiger partial charge is 0.505 e. The smallest absolute Gasteiger partial charge is 0.263 e. The minimum Gasteiger partial charge on any atom is -0.505 e. The Labute approximate surface area is 199 Å². The molecule has 2 N–H and O–H groups in total. The van der Waals surface area contributed by atoms with Crippen molar-refractivity contribution >= 4 is 45.7 Å². The van der Waals surface area contributed by atoms with E-state index in [-0.39, 0.29) is 38.8 Å². The molecule has 0 atom stereocenters. The van der Waals surface area contributed by atoms with Crippen LogP contribution in [-0.2, 0) is 6.54 Å². The molecule has 1 aromatic heterocycles. The van der Waals surface area contributed by atoms with E-state index < -0.39 is 5.91 Å². The minimum absolute atomic E-state index is 0.0537. The molecule has 4 rings (SSSR count). The van der Waals surface area contributed by atoms with Gasteiger partial charge in [-0.3, -0.25) is 14.2 Å². The number of methoxy groups -OCH3 is 1. The zero-order chi connectivity index (χ0) is 23.7. The first-order chi connectivity index (χ1) is 15.8. The second-order valence-electron chi connectivity index (χ2n) is 7.30. The molecule has 1 heterocycles. The van der Waals surface area contributed by atoms with E-state index in [0.29, 0.717) is 22.8 Å². The number of rotatable bonds is 5. The Morgan fingerprint density at radius 1 is 1.12 bits per heavy atom. The van der Waals surface area contributed by atoms with E-state index in [9.17, 15) is 14.7 Å². The third-order valence-corrected chi connectivity index (χ3v) is 5.80. The number of nitrogens with zero attached hydrogens (tertiary/aromatic N) is 2. The molecule has 0 saturated heterocycles. The van der Waals surface area contributed by atoms with Crippen molar-refractivity contribution in [3.63, 3.8) is 0 Å². The molecule has 7 nitrogen and oxygen atoms in total. The van der Waals surface area contributed by atoms with Gasteiger partial charge in [-0.05, 0) is 37.3 Å². The summed E-state index contributed by atoms with van der Waals surface area (Å²) in [4.78, 5) is 30.9. The van der Waals surface area contributed by atoms with Crippen molar-refractivity contribution in [2.75, 3.05) is 12.4 Å². The molecule has 0 aliphatic carbocycles. The Kier molecular flexibility index (Phi) is 6.26. The van der Waals surface area contributed by atoms with Crippen molar-refractivity contribution in [3.8, 4) is 11.5 Å². The molecule has 33 heavy (non-hydrogen) atoms. The summed E-state index contributed by atoms with van der Waals surface area (Å²) >= 11 is 11.9. The van der Waals surface area contributed by atoms with Crippen LogP contribution in [0.15, 0.2) is 59.4 Å². The van der Waals surface area contributed by atoms with Gasteiger partial charge in [-0.1, -0.05) is 47.5 Å². The van der Waals surface area contributed by atoms with Crippen LogP contribution in [0.1, 0.15) is 21.7 Å². The van der Waals surface area contributed by atoms with E-state index in [1.807, 2.05) is 24.3 Å². The van der Waals surface area contributed by atoms with Crippen LogP contribution in [-0.4, -0.2) is 27.7 Å². The van der Waals surface area contributed by atoms with Crippen LogP contribution >= 0.6 is 23.2 Å². The number of para-hydroxylation sites is 1. The van der Waals surface area contributed by atoms with Crippen LogP contribution in [0.4, 0.5) is 5.69 Å². The number of halogens is 2. The third kappa shape index (κ3) is 4.37. The standard InChI is InChI=1S/C24H19Cl2N3O4/c1-13-27-18-7-5-8-19(28-23(31)15-10-16(25)22(30)17(26)11-15)21(18)24(32)29(13)12-14-6-3-4-9-20(14)33-2/h3-11,30H,12H2,1-2H3,(H,28,31). The minimum atomic E-state index is -0.539. The lowest BCUT2D eigenvalue weighted by molar-refractivity contribution is 0.102. The molecular formula is C24H19Cl2N3O4. The van der Waals surface area contributed by atoms with Crippen molar-refractivity contribution in [3.05, 3.63) is 91.9 Å². The van der Waals surface area contributed by atoms with E-state index in [1.165, 1.54) is 16.7 Å². The van der Waals surface area contributed by atoms with Gasteiger partial charge in [0.1, 0.15) is 11.6 Å². The molecule has 0 radical (unpaired) electrons. The molecule has 0 fully saturated rings. The lowest BCUT2D eigenvalue weighted by Gasteiger charge is -2.15. The van der Waals surface area contributed by atoms with Gasteiger partial charge >= 0.3 is 0 Å². The fourth-order valence-electron chi connectivity index (χ4n) is 3.56. The molecule has 0 unspecified atom stereocenters. The Hall–Kier alpha value is -3.55. The van der Waals surface area contributed by atoms with Gasteiger partial charge in [0.25, 0.3) is 11.5 Å². The normalized spacial score (nSPS) is 10.9. The highest BCUT2D eigenvalue weighted by atomic mass is 35.5. The molecule has 168 valence electrons. The van der Waals surface area contributed by atoms with E-state index in [4.69, 9.17) is 27.9 Å². The van der Waals surface area contributed by atoms with Gasteiger partial charge in [0.2, 0.25) is 0 Å². The average Bonchev–Trinajstić information content (AvgIpc) is 2.80. The molecule has 1 amide bonds. The molecule has 4 aromatic rings. The number of ether oxygens (including phenoxy) is 1. The summed E-state index contributed by atoms with van der Waals surface area (Å²) in [5.41, 5.74) is 1.40. The first-order valence-corrected chi connectivity index (χ1v) is 10.7. The lowest BCUT2D eigenvalue weighted by atomic mass is 10.1. The number of anilines is 1. The predicted octanol–water partition coefficient (Wildman–Crippen LogP) is 5.03. The summed E-state index contributed by atoms with van der Waals surface area (Å²) in [7, 11) is 1.57. The van der Waals surface area contributed by atoms with Crippen molar-refractivity contribution in [2.24, 2.45) is 0 Å². The quantitative estimate of drug-likeness (QED) is 0.415. The summed E-state index contributed by atoms with van der Waals surface area (Å²) in [6.45, 7) is 2.00. The maximum Gasteiger partial charge on any atom is 0.263 e. The second kappa shape index (κ2) is 9.13. The summed E-state index contributed by atoms with van der Waals surface area (Å²) in [6.07, 6.45) is 0. The Morgan fingerprint density at radius 3 is 2.52 bits per heavy atom. The molecule has 0 spiro atoms. The number of phenolic OH excluding ortho intramolecular Hbond substituents is 1. The van der Waals surface area contributed by atoms with Gasteiger partial charge in [0.15, 0.2) is 5.75 Å². The Morgan fingerprint density at radius 2 is 1.82 bits per heavy atom. The number of aromatic nitrogens is 2. The summed E-state index contributed by atoms with van der Waals surface area (Å²) in [5.74, 6) is 0.340. The van der Waals surface area contributed by atoms with Crippen molar-refractivity contribution in [2.45, 2.75) is 13.5 Å². The van der Waals surface area contributed by atoms with Crippen LogP contribution in [0.3, 0.4) is 0 Å². The van der Waals surface area contributed by atoms with Gasteiger partial charge in [0.05, 0.1) is 40.3 Å². The number of nitrogens with one attached hydrogen (secondary N) is 1. The number of carbonyl (C=O) groups excluding carboxylic acids is 1. The number of hydrogen-bond acceptors (Lipinski definition) is 5. The van der Waals surface area contributed by atoms with Crippen LogP contribution in [0, 0.1) is 6.92 Å². The number of benzene rings is 3. The van der Waals surface area contributed by atoms with Gasteiger partial charge in [0, 0.05) is 11.1 Å². The first kappa shape index (κ1) is 22.6. The summed E-state index contributed by atoms with van der Waals surface area (Å²) < 4.78 is 6.94. The highest BCUT2D eigenvalue weighted by molar-refractivity contribution is 6.37. The number of carbonyl (C=O) groups is 1. The Bertz CT molecular complexity index is 1430. The maximum absolute atomic E-state index is 13.5. The third-order valence-electron chi connectivity index (χ3n) is 5.22. The molecule has 0 aliphatic rings. The number of hydrogen-bond donors (Lipinski definition) is 2. The van der Waals surface area contributed by atoms with Gasteiger partial charge in [-0.2, -0.15) is 0 Å². The predicted molar refractivity (Wildman–Crippen MR) is 129 cm³/mol. The van der Waals surface area contributed by atoms with E-state index in [0.717, 1.165) is 5.56 Å². The molecule has 0 saturated carbocycles. The zero-order valence-electron chi connectivity index (χ0n) is 17.7. The Balaban J connectivity index is 1.78. The van der Waals surface area contributed by atoms with Crippen molar-refractivity contribution in [1.29, 1.82) is 0 Å². The van der Waals surface area contributed by atoms with Crippen LogP contribution in [0.5, 0.6) is 11.5 Å². The number of phenols is 1. The van der Waals surface area contributed by atoms with E-state index >= 15 is 0 Å². The SMILES string of the molecule is COc1ccccc1Cn1c(C)nc2cccc(NC(=O)c3cc(Cl)c(O)c(Cl)c3)c2c1=O. The van der Waals surface area contributed by atoms with E-state index in [2.05, 4.69) is 10.3 Å². The second-order valence-corrected chi connectivity index (χ2v) is 8.12. The molecular weight excluding hydrogens is 465 g/mol. The monoisotopic (exact) mass is 483 g/mol. The van der Waals surface area contributed by atoms with Crippen molar-refractivity contribution < 1.29 is 14.6 Å². The van der Waals surface area contributed by atoms with Crippen molar-refractivity contribution in [1.82, 2.24) is 9.55 Å². The highest BCUT2D eigenvalue weighted by Gasteiger charge is 2.17. The molecule has 0 aliphatic heterocycles. The molecule has 0 bridgehead atoms. The fraction of sp³-hybridized carbons (Fsp3) is 0.125. The first-order valence-electron chi connectivity index (χ1n) is 9.91. The maximum atomic E-state index is 13.5. The molecule has 9 heteroatoms. The van der Waals surface area contributed by atoms with Crippen LogP contribution in [0.2, 0.25) is 10.0 Å². The molecule has 3 aromatic carbocycles. The van der Waals surface area contributed by atoms with Crippen LogP contribution in [0.25, 0.3) is 10.9 Å². The average molecular weight is 484 g/mol. The number of amides is 1. The zero-order valence-corrected chi connectivity index (χ0v) is 19.2.